The number of aromatic nitrogens is 2. The van der Waals surface area contributed by atoms with Gasteiger partial charge < -0.3 is 20.3 Å². The van der Waals surface area contributed by atoms with Crippen LogP contribution in [0.5, 0.6) is 0 Å². The van der Waals surface area contributed by atoms with Crippen LogP contribution in [0.1, 0.15) is 44.1 Å². The highest BCUT2D eigenvalue weighted by Gasteiger charge is 2.18. The van der Waals surface area contributed by atoms with E-state index in [4.69, 9.17) is 0 Å². The van der Waals surface area contributed by atoms with Crippen LogP contribution in [-0.4, -0.2) is 20.6 Å². The van der Waals surface area contributed by atoms with Gasteiger partial charge in [-0.3, -0.25) is 9.59 Å². The third-order valence-corrected chi connectivity index (χ3v) is 7.80. The largest absolute Gasteiger partial charge is 0.392 e. The van der Waals surface area contributed by atoms with Gasteiger partial charge in [0.1, 0.15) is 11.5 Å². The fourth-order valence-electron chi connectivity index (χ4n) is 4.55. The van der Waals surface area contributed by atoms with Crippen molar-refractivity contribution in [3.63, 3.8) is 0 Å². The lowest BCUT2D eigenvalue weighted by Gasteiger charge is -2.15. The maximum absolute atomic E-state index is 13.1. The summed E-state index contributed by atoms with van der Waals surface area (Å²) in [5.41, 5.74) is 5.63. The van der Waals surface area contributed by atoms with E-state index in [1.165, 1.54) is 27.8 Å². The molecule has 0 saturated heterocycles. The number of aliphatic hydroxyl groups excluding tert-OH is 1. The number of aryl methyl sites for hydroxylation is 3. The summed E-state index contributed by atoms with van der Waals surface area (Å²) in [5, 5.41) is 15.4. The van der Waals surface area contributed by atoms with Crippen LogP contribution in [0.3, 0.4) is 0 Å². The van der Waals surface area contributed by atoms with E-state index in [1.54, 1.807) is 49.0 Å². The van der Waals surface area contributed by atoms with Crippen molar-refractivity contribution in [1.29, 1.82) is 0 Å². The Bertz CT molecular complexity index is 1460. The first kappa shape index (κ1) is 24.0. The number of aliphatic hydroxyl groups is 1. The highest BCUT2D eigenvalue weighted by atomic mass is 32.1. The van der Waals surface area contributed by atoms with Gasteiger partial charge in [0.2, 0.25) is 0 Å². The van der Waals surface area contributed by atoms with Crippen molar-refractivity contribution >= 4 is 34.4 Å². The van der Waals surface area contributed by atoms with E-state index in [0.717, 1.165) is 40.1 Å². The Morgan fingerprint density at radius 3 is 2.72 bits per heavy atom. The summed E-state index contributed by atoms with van der Waals surface area (Å²) in [6, 6.07) is 13.1. The first-order valence-corrected chi connectivity index (χ1v) is 12.8. The molecule has 0 fully saturated rings. The van der Waals surface area contributed by atoms with E-state index >= 15 is 0 Å². The zero-order valence-electron chi connectivity index (χ0n) is 20.3. The van der Waals surface area contributed by atoms with Gasteiger partial charge in [-0.1, -0.05) is 18.2 Å². The van der Waals surface area contributed by atoms with Crippen LogP contribution in [0.25, 0.3) is 11.1 Å². The molecule has 1 aliphatic rings. The fraction of sp³-hybridized carbons (Fsp3) is 0.250. The van der Waals surface area contributed by atoms with E-state index in [0.29, 0.717) is 17.1 Å². The number of pyridine rings is 2. The van der Waals surface area contributed by atoms with E-state index in [2.05, 4.69) is 15.6 Å². The molecule has 0 unspecified atom stereocenters. The fourth-order valence-corrected chi connectivity index (χ4v) is 5.70. The van der Waals surface area contributed by atoms with Gasteiger partial charge in [0.25, 0.3) is 11.5 Å². The Balaban J connectivity index is 1.43. The van der Waals surface area contributed by atoms with Gasteiger partial charge in [-0.25, -0.2) is 4.98 Å². The van der Waals surface area contributed by atoms with Gasteiger partial charge >= 0.3 is 0 Å². The number of nitrogens with zero attached hydrogens (tertiary/aromatic N) is 2. The molecule has 0 saturated carbocycles. The van der Waals surface area contributed by atoms with E-state index < -0.39 is 0 Å². The predicted molar refractivity (Wildman–Crippen MR) is 144 cm³/mol. The Morgan fingerprint density at radius 2 is 1.97 bits per heavy atom. The van der Waals surface area contributed by atoms with Crippen LogP contribution in [0.4, 0.5) is 17.2 Å². The molecule has 0 spiro atoms. The summed E-state index contributed by atoms with van der Waals surface area (Å²) >= 11 is 1.60. The molecule has 1 aromatic carbocycles. The van der Waals surface area contributed by atoms with Crippen LogP contribution in [-0.2, 0) is 26.5 Å². The first-order valence-electron chi connectivity index (χ1n) is 12.0. The van der Waals surface area contributed by atoms with Crippen molar-refractivity contribution in [2.24, 2.45) is 7.05 Å². The molecule has 4 aromatic rings. The quantitative estimate of drug-likeness (QED) is 0.339. The standard InChI is InChI=1S/C28H28N4O3S/c1-17-21(7-5-8-22(17)31-27(34)25-13-19-6-3-4-9-24(19)36-25)20-12-23(28(35)32(2)15-20)30-26-11-10-18(16-33)14-29-26/h5,7-8,10-15,33H,3-4,6,9,16H2,1-2H3,(H,29,30)(H,31,34). The van der Waals surface area contributed by atoms with Crippen LogP contribution in [0, 0.1) is 6.92 Å². The highest BCUT2D eigenvalue weighted by Crippen LogP contribution is 2.32. The number of anilines is 3. The maximum Gasteiger partial charge on any atom is 0.274 e. The second kappa shape index (κ2) is 10.1. The average molecular weight is 501 g/mol. The van der Waals surface area contributed by atoms with Crippen molar-refractivity contribution in [1.82, 2.24) is 9.55 Å². The third-order valence-electron chi connectivity index (χ3n) is 6.57. The van der Waals surface area contributed by atoms with Gasteiger partial charge in [-0.15, -0.1) is 11.3 Å². The van der Waals surface area contributed by atoms with Crippen LogP contribution in [0.2, 0.25) is 0 Å². The molecular weight excluding hydrogens is 472 g/mol. The minimum absolute atomic E-state index is 0.0881. The number of amides is 1. The van der Waals surface area contributed by atoms with Crippen LogP contribution >= 0.6 is 11.3 Å². The summed E-state index contributed by atoms with van der Waals surface area (Å²) in [7, 11) is 1.71. The SMILES string of the molecule is Cc1c(NC(=O)c2cc3c(s2)CCCC3)cccc1-c1cc(Nc2ccc(CO)cn2)c(=O)n(C)c1. The molecule has 36 heavy (non-hydrogen) atoms. The molecule has 3 heterocycles. The van der Waals surface area contributed by atoms with E-state index in [-0.39, 0.29) is 18.1 Å². The second-order valence-electron chi connectivity index (χ2n) is 9.09. The monoisotopic (exact) mass is 500 g/mol. The smallest absolute Gasteiger partial charge is 0.274 e. The normalized spacial score (nSPS) is 12.8. The van der Waals surface area contributed by atoms with Gasteiger partial charge in [0, 0.05) is 35.6 Å². The number of benzene rings is 1. The summed E-state index contributed by atoms with van der Waals surface area (Å²) in [5.74, 6) is 0.424. The number of hydrogen-bond donors (Lipinski definition) is 3. The first-order chi connectivity index (χ1) is 17.4. The lowest BCUT2D eigenvalue weighted by Crippen LogP contribution is -2.19. The second-order valence-corrected chi connectivity index (χ2v) is 10.2. The molecule has 5 rings (SSSR count). The summed E-state index contributed by atoms with van der Waals surface area (Å²) < 4.78 is 1.53. The number of carbonyl (C=O) groups excluding carboxylic acids is 1. The molecule has 3 aromatic heterocycles. The highest BCUT2D eigenvalue weighted by molar-refractivity contribution is 7.14. The van der Waals surface area contributed by atoms with Crippen molar-refractivity contribution < 1.29 is 9.90 Å². The zero-order valence-corrected chi connectivity index (χ0v) is 21.1. The number of rotatable bonds is 6. The van der Waals surface area contributed by atoms with Gasteiger partial charge in [-0.05, 0) is 79.1 Å². The molecule has 8 heteroatoms. The molecule has 0 aliphatic heterocycles. The molecule has 7 nitrogen and oxygen atoms in total. The topological polar surface area (TPSA) is 96.2 Å². The number of nitrogens with one attached hydrogen (secondary N) is 2. The lowest BCUT2D eigenvalue weighted by atomic mass is 9.99. The molecule has 0 bridgehead atoms. The summed E-state index contributed by atoms with van der Waals surface area (Å²) in [6.45, 7) is 1.88. The number of fused-ring (bicyclic) bond motifs is 1. The van der Waals surface area contributed by atoms with Crippen LogP contribution < -0.4 is 16.2 Å². The summed E-state index contributed by atoms with van der Waals surface area (Å²) in [4.78, 5) is 32.2. The van der Waals surface area contributed by atoms with Gasteiger partial charge in [0.15, 0.2) is 0 Å². The number of carbonyl (C=O) groups is 1. The van der Waals surface area contributed by atoms with Crippen LogP contribution in [0.15, 0.2) is 59.7 Å². The number of hydrogen-bond acceptors (Lipinski definition) is 6. The number of thiophene rings is 1. The molecular formula is C28H28N4O3S. The minimum Gasteiger partial charge on any atom is -0.392 e. The molecule has 0 radical (unpaired) electrons. The molecule has 0 atom stereocenters. The van der Waals surface area contributed by atoms with Crippen molar-refractivity contribution in [2.45, 2.75) is 39.2 Å². The Kier molecular flexibility index (Phi) is 6.71. The Hall–Kier alpha value is -3.75. The maximum atomic E-state index is 13.1. The zero-order chi connectivity index (χ0) is 25.2. The summed E-state index contributed by atoms with van der Waals surface area (Å²) in [6.07, 6.45) is 7.85. The Labute approximate surface area is 213 Å². The third kappa shape index (κ3) is 4.82. The van der Waals surface area contributed by atoms with Gasteiger partial charge in [0.05, 0.1) is 11.5 Å². The van der Waals surface area contributed by atoms with Crippen molar-refractivity contribution in [2.75, 3.05) is 10.6 Å². The molecule has 3 N–H and O–H groups in total. The molecule has 184 valence electrons. The average Bonchev–Trinajstić information content (AvgIpc) is 3.33. The molecule has 1 aliphatic carbocycles. The Morgan fingerprint density at radius 1 is 1.14 bits per heavy atom. The van der Waals surface area contributed by atoms with E-state index in [1.807, 2.05) is 31.2 Å². The lowest BCUT2D eigenvalue weighted by molar-refractivity contribution is 0.103. The minimum atomic E-state index is -0.185. The van der Waals surface area contributed by atoms with Gasteiger partial charge in [-0.2, -0.15) is 0 Å². The predicted octanol–water partition coefficient (Wildman–Crippen LogP) is 5.18. The van der Waals surface area contributed by atoms with Crippen molar-refractivity contribution in [3.05, 3.63) is 91.7 Å². The van der Waals surface area contributed by atoms with E-state index in [9.17, 15) is 14.7 Å². The van der Waals surface area contributed by atoms with Crippen molar-refractivity contribution in [3.8, 4) is 11.1 Å². The molecule has 1 amide bonds.